The molecule has 15 heterocycles. The number of aliphatic imine (C=N–C) groups is 5. The quantitative estimate of drug-likeness (QED) is 0.0288. The summed E-state index contributed by atoms with van der Waals surface area (Å²) in [5.41, 5.74) is 2.47. The summed E-state index contributed by atoms with van der Waals surface area (Å²) < 4.78 is 108. The molecule has 0 spiro atoms. The van der Waals surface area contributed by atoms with Crippen LogP contribution in [0, 0.1) is 12.7 Å². The third-order valence-electron chi connectivity index (χ3n) is 24.2. The van der Waals surface area contributed by atoms with Gasteiger partial charge in [-0.25, -0.2) is 36.2 Å². The van der Waals surface area contributed by atoms with Crippen molar-refractivity contribution in [1.29, 1.82) is 0 Å². The molecule has 48 nitrogen and oxygen atoms in total. The number of aryl methyl sites for hydroxylation is 1. The fraction of sp³-hybridized carbons (Fsp3) is 0.516. The molecule has 20 rings (SSSR count). The zero-order chi connectivity index (χ0) is 105. The fourth-order valence-electron chi connectivity index (χ4n) is 16.7. The molecular weight excluding hydrogens is 2080 g/mol. The maximum absolute atomic E-state index is 13.2. The van der Waals surface area contributed by atoms with Crippen LogP contribution in [0.3, 0.4) is 0 Å². The second kappa shape index (κ2) is 52.1. The highest BCUT2D eigenvalue weighted by molar-refractivity contribution is 8.15. The lowest BCUT2D eigenvalue weighted by Crippen LogP contribution is -2.59. The lowest BCUT2D eigenvalue weighted by molar-refractivity contribution is -0.160. The number of halogens is 2. The van der Waals surface area contributed by atoms with Crippen LogP contribution in [0.25, 0.3) is 0 Å². The highest BCUT2D eigenvalue weighted by Crippen LogP contribution is 2.41. The molecule has 10 aromatic rings. The molecule has 0 saturated carbocycles. The van der Waals surface area contributed by atoms with Gasteiger partial charge in [-0.3, -0.25) is 25.0 Å². The van der Waals surface area contributed by atoms with Crippen LogP contribution >= 0.6 is 70.4 Å². The van der Waals surface area contributed by atoms with E-state index in [1.54, 1.807) is 101 Å². The lowest BCUT2D eigenvalue weighted by Gasteiger charge is -2.38. The van der Waals surface area contributed by atoms with Crippen molar-refractivity contribution >= 4 is 106 Å². The third kappa shape index (κ3) is 29.4. The summed E-state index contributed by atoms with van der Waals surface area (Å²) in [4.78, 5) is 21.7. The van der Waals surface area contributed by atoms with E-state index in [0.717, 1.165) is 33.1 Å². The minimum Gasteiger partial charge on any atom is -0.497 e. The van der Waals surface area contributed by atoms with Crippen LogP contribution in [0.15, 0.2) is 182 Å². The van der Waals surface area contributed by atoms with Crippen molar-refractivity contribution in [2.75, 3.05) is 46.1 Å². The van der Waals surface area contributed by atoms with E-state index < -0.39 is 126 Å². The van der Waals surface area contributed by atoms with E-state index in [0.29, 0.717) is 112 Å². The number of aliphatic hydroxyl groups excluding tert-OH is 10. The number of thioether (sulfide) groups is 5. The van der Waals surface area contributed by atoms with Gasteiger partial charge < -0.3 is 130 Å². The number of hydrogen-bond donors (Lipinski definition) is 15. The molecule has 15 N–H and O–H groups in total. The third-order valence-corrected chi connectivity index (χ3v) is 31.0. The Morgan fingerprint density at radius 1 is 0.356 bits per heavy atom. The van der Waals surface area contributed by atoms with Gasteiger partial charge in [-0.15, -0.1) is 25.5 Å². The smallest absolute Gasteiger partial charge is 0.175 e. The summed E-state index contributed by atoms with van der Waals surface area (Å²) >= 11 is 13.0. The first-order valence-corrected chi connectivity index (χ1v) is 54.6. The van der Waals surface area contributed by atoms with E-state index in [1.807, 2.05) is 90.1 Å². The number of rotatable bonds is 32. The number of ether oxygens (including phenoxy) is 11. The van der Waals surface area contributed by atoms with E-state index in [-0.39, 0.29) is 103 Å². The summed E-state index contributed by atoms with van der Waals surface area (Å²) in [6.07, 6.45) is -3.73. The number of amidine groups is 5. The maximum Gasteiger partial charge on any atom is 0.175 e. The largest absolute Gasteiger partial charge is 0.497 e. The monoisotopic (exact) mass is 2200 g/mol. The summed E-state index contributed by atoms with van der Waals surface area (Å²) in [5.74, 6) is 3.21. The Morgan fingerprint density at radius 3 is 0.886 bits per heavy atom. The molecule has 0 unspecified atom stereocenters. The van der Waals surface area contributed by atoms with Crippen molar-refractivity contribution < 1.29 is 116 Å². The summed E-state index contributed by atoms with van der Waals surface area (Å²) in [5, 5.41) is 165. The molecule has 10 fully saturated rings. The van der Waals surface area contributed by atoms with Gasteiger partial charge in [0.25, 0.3) is 0 Å². The molecule has 10 aliphatic heterocycles. The molecule has 0 aliphatic carbocycles. The Morgan fingerprint density at radius 2 is 0.611 bits per heavy atom. The Bertz CT molecular complexity index is 6010. The number of methoxy groups -OCH3 is 1. The number of hydrogen-bond acceptors (Lipinski definition) is 43. The molecule has 10 saturated heterocycles. The van der Waals surface area contributed by atoms with Crippen molar-refractivity contribution in [2.24, 2.45) is 25.0 Å². The zero-order valence-electron chi connectivity index (χ0n) is 81.9. The molecule has 804 valence electrons. The Labute approximate surface area is 881 Å². The van der Waals surface area contributed by atoms with Crippen molar-refractivity contribution in [1.82, 2.24) is 102 Å². The van der Waals surface area contributed by atoms with E-state index >= 15 is 0 Å². The number of sulfone groups is 1. The highest BCUT2D eigenvalue weighted by atomic mass is 35.5. The maximum atomic E-state index is 13.2. The van der Waals surface area contributed by atoms with Crippen molar-refractivity contribution in [2.45, 2.75) is 261 Å². The van der Waals surface area contributed by atoms with E-state index in [9.17, 15) is 63.9 Å². The number of aliphatic hydroxyl groups is 10. The van der Waals surface area contributed by atoms with Gasteiger partial charge in [-0.1, -0.05) is 133 Å². The predicted molar refractivity (Wildman–Crippen MR) is 549 cm³/mol. The molecule has 0 bridgehead atoms. The summed E-state index contributed by atoms with van der Waals surface area (Å²) in [7, 11) is -1.73. The van der Waals surface area contributed by atoms with Crippen LogP contribution in [-0.4, -0.2) is 355 Å². The number of benzene rings is 5. The number of nitrogens with one attached hydrogen (secondary N) is 5. The van der Waals surface area contributed by atoms with Gasteiger partial charge in [0.05, 0.1) is 106 Å². The van der Waals surface area contributed by atoms with E-state index in [4.69, 9.17) is 63.7 Å². The van der Waals surface area contributed by atoms with Gasteiger partial charge in [0.15, 0.2) is 35.7 Å². The predicted octanol–water partition coefficient (Wildman–Crippen LogP) is 2.44. The minimum atomic E-state index is -3.33. The first kappa shape index (κ1) is 111. The number of aromatic nitrogens is 15. The van der Waals surface area contributed by atoms with Crippen molar-refractivity contribution in [3.05, 3.63) is 197 Å². The summed E-state index contributed by atoms with van der Waals surface area (Å²) in [6, 6.07) is 32.3. The molecule has 0 radical (unpaired) electrons. The Hall–Kier alpha value is -10.7. The molecule has 0 amide bonds. The Balaban J connectivity index is 0.000000133. The van der Waals surface area contributed by atoms with Gasteiger partial charge in [-0.05, 0) is 120 Å². The van der Waals surface area contributed by atoms with Crippen LogP contribution in [-0.2, 0) is 99.3 Å². The Kier molecular flexibility index (Phi) is 38.8. The van der Waals surface area contributed by atoms with Gasteiger partial charge in [0.2, 0.25) is 0 Å². The highest BCUT2D eigenvalue weighted by Gasteiger charge is 2.55. The fourth-order valence-corrected chi connectivity index (χ4v) is 23.6. The number of nitrogens with zero attached hydrogens (tertiary/aromatic N) is 20. The molecule has 5 aromatic heterocycles. The van der Waals surface area contributed by atoms with E-state index in [2.05, 4.69) is 103 Å². The van der Waals surface area contributed by atoms with Crippen LogP contribution in [0.1, 0.15) is 68.7 Å². The molecular formula is C93H119ClFN25O23S6. The normalized spacial score (nSPS) is 29.8. The van der Waals surface area contributed by atoms with Gasteiger partial charge in [-0.2, -0.15) is 0 Å². The van der Waals surface area contributed by atoms with Crippen molar-refractivity contribution in [3.8, 4) is 34.5 Å². The summed E-state index contributed by atoms with van der Waals surface area (Å²) in [6.45, 7) is 17.0. The standard InChI is InChI=1S/C19H25N5O6S2.C19H25N5O5S.C19H25N5O4S.C18H22ClN5O4S.C18H22FN5O4S/c1-3-20-19-21-15-17(26)16(25)14(30-18(15)31-19)9-24-8-11(22-23-24)10-29-12-5-4-6-13(7-12)32(2,27)28;1-3-20-19-21-15-17(26)16(25)14(29-18(15)30-19)9-24-8-11(22-23-24)10-28-13-6-4-5-12(7-13)27-2;1-3-20-19-21-15-17(26)16(25)14(28-18(15)29-19)9-24-8-12(22-23-24)10-27-13-6-4-5-11(2)7-13;2*1-2-20-18-21-14-16(26)15(25)13(28-17(14)29-18)8-24-7-11(22-23-24)9-27-12-5-3-4-10(19)6-12/h4-8,14-18,25-26H,3,9-10H2,1-2H3,(H,20,21);4-8,14-18,25-26H,3,9-10H2,1-2H3,(H,20,21);4-8,14-18,25-26H,3,9-10H2,1-2H3,(H,20,21);2*3-7,13-17,25-26H,2,8-9H2,1H3,(H,20,21)/t3*14-,15-,16-,17-,18-;2*13-,14-,15-,16-,17-/m11111/s1. The van der Waals surface area contributed by atoms with Crippen LogP contribution in [0.4, 0.5) is 4.39 Å². The van der Waals surface area contributed by atoms with Gasteiger partial charge >= 0.3 is 0 Å². The van der Waals surface area contributed by atoms with Gasteiger partial charge in [0, 0.05) is 56.1 Å². The van der Waals surface area contributed by atoms with Crippen LogP contribution in [0.2, 0.25) is 5.02 Å². The SMILES string of the molecule is CCN=C1N[C@@H]2[C@@H](O)[C@H](O)[C@@H](Cn3cc(COc4cccc(C)c4)nn3)O[C@@H]2S1.CCN=C1N[C@@H]2[C@@H](O)[C@H](O)[C@@H](Cn3cc(COc4cccc(Cl)c4)nn3)O[C@@H]2S1.CCN=C1N[C@@H]2[C@@H](O)[C@H](O)[C@@H](Cn3cc(COc4cccc(F)c4)nn3)O[C@@H]2S1.CCN=C1N[C@@H]2[C@@H](O)[C@H](O)[C@@H](Cn3cc(COc4cccc(OC)c4)nn3)O[C@@H]2S1.CCN=C1N[C@@H]2[C@@H](O)[C@H](O)[C@@H](Cn3cc(COc4cccc(S(C)(=O)=O)c4)nn3)O[C@@H]2S1. The zero-order valence-corrected chi connectivity index (χ0v) is 87.6. The minimum absolute atomic E-state index is 0.0885. The molecule has 56 heteroatoms. The van der Waals surface area contributed by atoms with Gasteiger partial charge in [0.1, 0.15) is 221 Å². The lowest BCUT2D eigenvalue weighted by atomic mass is 9.98. The van der Waals surface area contributed by atoms with Crippen molar-refractivity contribution in [3.63, 3.8) is 0 Å². The first-order chi connectivity index (χ1) is 71.9. The molecule has 10 aliphatic rings. The number of fused-ring (bicyclic) bond motifs is 5. The van der Waals surface area contributed by atoms with Crippen LogP contribution < -0.4 is 55.0 Å². The molecule has 5 aromatic carbocycles. The average Bonchev–Trinajstić information content (AvgIpc) is 1.69. The van der Waals surface area contributed by atoms with E-state index in [1.165, 1.54) is 92.4 Å². The second-order valence-electron chi connectivity index (χ2n) is 35.2. The first-order valence-electron chi connectivity index (χ1n) is 48.0. The average molecular weight is 2200 g/mol. The van der Waals surface area contributed by atoms with Crippen LogP contribution in [0.5, 0.6) is 34.5 Å². The second-order valence-corrected chi connectivity index (χ2v) is 43.1. The molecule has 149 heavy (non-hydrogen) atoms. The topological polar surface area (TPSA) is 613 Å². The molecule has 25 atom stereocenters.